The predicted octanol–water partition coefficient (Wildman–Crippen LogP) is 2.67. The first kappa shape index (κ1) is 16.4. The van der Waals surface area contributed by atoms with Gasteiger partial charge < -0.3 is 14.7 Å². The molecule has 1 aliphatic rings. The number of amides is 1. The number of benzene rings is 1. The lowest BCUT2D eigenvalue weighted by molar-refractivity contribution is -0.116. The Balaban J connectivity index is 1.53. The van der Waals surface area contributed by atoms with Crippen LogP contribution in [-0.2, 0) is 11.2 Å². The lowest BCUT2D eigenvalue weighted by Gasteiger charge is -2.19. The van der Waals surface area contributed by atoms with E-state index >= 15 is 0 Å². The summed E-state index contributed by atoms with van der Waals surface area (Å²) in [7, 11) is 2.09. The molecule has 24 heavy (non-hydrogen) atoms. The van der Waals surface area contributed by atoms with Gasteiger partial charge in [0.05, 0.1) is 0 Å². The number of hydrogen-bond acceptors (Lipinski definition) is 5. The van der Waals surface area contributed by atoms with E-state index in [2.05, 4.69) is 33.5 Å². The molecule has 1 aromatic heterocycles. The Bertz CT molecular complexity index is 751. The number of carbonyl (C=O) groups is 1. The fourth-order valence-corrected chi connectivity index (χ4v) is 2.63. The molecular formula is C18H22N4O2. The van der Waals surface area contributed by atoms with Crippen molar-refractivity contribution >= 4 is 17.2 Å². The van der Waals surface area contributed by atoms with Crippen molar-refractivity contribution in [1.82, 2.24) is 15.0 Å². The minimum atomic E-state index is -0.0566. The van der Waals surface area contributed by atoms with Crippen LogP contribution < -0.4 is 5.32 Å². The first-order chi connectivity index (χ1) is 11.6. The van der Waals surface area contributed by atoms with E-state index in [-0.39, 0.29) is 5.91 Å². The Kier molecular flexibility index (Phi) is 5.05. The van der Waals surface area contributed by atoms with E-state index in [0.29, 0.717) is 24.6 Å². The third kappa shape index (κ3) is 4.29. The van der Waals surface area contributed by atoms with Crippen LogP contribution in [-0.4, -0.2) is 41.1 Å². The lowest BCUT2D eigenvalue weighted by Crippen LogP contribution is -2.23. The summed E-state index contributed by atoms with van der Waals surface area (Å²) >= 11 is 0. The quantitative estimate of drug-likeness (QED) is 0.914. The molecule has 2 aromatic rings. The molecule has 2 heterocycles. The summed E-state index contributed by atoms with van der Waals surface area (Å²) in [5.41, 5.74) is 3.04. The first-order valence-electron chi connectivity index (χ1n) is 8.17. The summed E-state index contributed by atoms with van der Waals surface area (Å²) in [6.07, 6.45) is 3.81. The molecule has 1 N–H and O–H groups in total. The van der Waals surface area contributed by atoms with Gasteiger partial charge in [-0.05, 0) is 43.7 Å². The van der Waals surface area contributed by atoms with Gasteiger partial charge in [-0.25, -0.2) is 0 Å². The zero-order valence-electron chi connectivity index (χ0n) is 14.1. The molecule has 0 bridgehead atoms. The topological polar surface area (TPSA) is 71.3 Å². The van der Waals surface area contributed by atoms with E-state index in [0.717, 1.165) is 36.3 Å². The van der Waals surface area contributed by atoms with Crippen molar-refractivity contribution in [3.8, 4) is 0 Å². The van der Waals surface area contributed by atoms with Gasteiger partial charge in [0.15, 0.2) is 5.82 Å². The van der Waals surface area contributed by atoms with Crippen molar-refractivity contribution < 1.29 is 9.32 Å². The molecular weight excluding hydrogens is 304 g/mol. The number of likely N-dealkylation sites (N-methyl/N-ethyl adjacent to an activating group) is 1. The average molecular weight is 326 g/mol. The number of rotatable bonds is 5. The molecule has 0 atom stereocenters. The Labute approximate surface area is 141 Å². The van der Waals surface area contributed by atoms with Crippen LogP contribution in [0, 0.1) is 6.92 Å². The second kappa shape index (κ2) is 7.40. The summed E-state index contributed by atoms with van der Waals surface area (Å²) in [5.74, 6) is 1.10. The standard InChI is InChI=1S/C18H22N4O2/c1-13-4-3-5-15(12-13)19-16(23)6-7-17-20-18(21-24-17)14-8-10-22(2)11-9-14/h3-5,8,12H,6-7,9-11H2,1-2H3,(H,19,23). The van der Waals surface area contributed by atoms with E-state index in [1.165, 1.54) is 0 Å². The second-order valence-corrected chi connectivity index (χ2v) is 6.17. The number of aryl methyl sites for hydroxylation is 2. The minimum Gasteiger partial charge on any atom is -0.339 e. The van der Waals surface area contributed by atoms with Crippen molar-refractivity contribution in [2.75, 3.05) is 25.5 Å². The van der Waals surface area contributed by atoms with Crippen LogP contribution in [0.3, 0.4) is 0 Å². The molecule has 0 saturated heterocycles. The van der Waals surface area contributed by atoms with Gasteiger partial charge in [0.1, 0.15) is 0 Å². The lowest BCUT2D eigenvalue weighted by atomic mass is 10.1. The van der Waals surface area contributed by atoms with Crippen LogP contribution in [0.2, 0.25) is 0 Å². The van der Waals surface area contributed by atoms with Crippen LogP contribution in [0.1, 0.15) is 30.1 Å². The van der Waals surface area contributed by atoms with Gasteiger partial charge in [-0.1, -0.05) is 23.4 Å². The number of anilines is 1. The molecule has 0 fully saturated rings. The largest absolute Gasteiger partial charge is 0.339 e. The van der Waals surface area contributed by atoms with Crippen LogP contribution in [0.15, 0.2) is 34.9 Å². The van der Waals surface area contributed by atoms with Crippen molar-refractivity contribution in [1.29, 1.82) is 0 Å². The first-order valence-corrected chi connectivity index (χ1v) is 8.17. The maximum atomic E-state index is 12.0. The number of hydrogen-bond donors (Lipinski definition) is 1. The maximum absolute atomic E-state index is 12.0. The van der Waals surface area contributed by atoms with Crippen molar-refractivity contribution in [3.05, 3.63) is 47.6 Å². The van der Waals surface area contributed by atoms with Gasteiger partial charge in [-0.2, -0.15) is 4.98 Å². The van der Waals surface area contributed by atoms with Crippen LogP contribution in [0.5, 0.6) is 0 Å². The number of nitrogens with zero attached hydrogens (tertiary/aromatic N) is 3. The maximum Gasteiger partial charge on any atom is 0.227 e. The Hall–Kier alpha value is -2.47. The highest BCUT2D eigenvalue weighted by Gasteiger charge is 2.15. The Morgan fingerprint density at radius 3 is 3.04 bits per heavy atom. The Morgan fingerprint density at radius 2 is 2.29 bits per heavy atom. The van der Waals surface area contributed by atoms with Crippen LogP contribution in [0.25, 0.3) is 5.57 Å². The van der Waals surface area contributed by atoms with E-state index in [4.69, 9.17) is 4.52 Å². The molecule has 6 heteroatoms. The van der Waals surface area contributed by atoms with Gasteiger partial charge >= 0.3 is 0 Å². The van der Waals surface area contributed by atoms with Crippen molar-refractivity contribution in [2.24, 2.45) is 0 Å². The SMILES string of the molecule is Cc1cccc(NC(=O)CCc2nc(C3=CCN(C)CC3)no2)c1. The molecule has 3 rings (SSSR count). The van der Waals surface area contributed by atoms with Gasteiger partial charge in [0.2, 0.25) is 11.8 Å². The molecule has 1 amide bonds. The van der Waals surface area contributed by atoms with E-state index in [1.807, 2.05) is 31.2 Å². The van der Waals surface area contributed by atoms with Crippen molar-refractivity contribution in [3.63, 3.8) is 0 Å². The fourth-order valence-electron chi connectivity index (χ4n) is 2.63. The number of nitrogens with one attached hydrogen (secondary N) is 1. The third-order valence-corrected chi connectivity index (χ3v) is 4.04. The molecule has 0 radical (unpaired) electrons. The van der Waals surface area contributed by atoms with E-state index in [9.17, 15) is 4.79 Å². The van der Waals surface area contributed by atoms with Crippen LogP contribution >= 0.6 is 0 Å². The van der Waals surface area contributed by atoms with Gasteiger partial charge in [0.25, 0.3) is 0 Å². The number of carbonyl (C=O) groups excluding carboxylic acids is 1. The third-order valence-electron chi connectivity index (χ3n) is 4.04. The summed E-state index contributed by atoms with van der Waals surface area (Å²) in [5, 5.41) is 6.92. The highest BCUT2D eigenvalue weighted by Crippen LogP contribution is 2.19. The predicted molar refractivity (Wildman–Crippen MR) is 92.5 cm³/mol. The molecule has 126 valence electrons. The molecule has 6 nitrogen and oxygen atoms in total. The highest BCUT2D eigenvalue weighted by atomic mass is 16.5. The zero-order valence-corrected chi connectivity index (χ0v) is 14.1. The molecule has 1 aliphatic heterocycles. The number of aromatic nitrogens is 2. The van der Waals surface area contributed by atoms with Crippen molar-refractivity contribution in [2.45, 2.75) is 26.2 Å². The van der Waals surface area contributed by atoms with Gasteiger partial charge in [0, 0.05) is 31.6 Å². The average Bonchev–Trinajstić information content (AvgIpc) is 3.03. The van der Waals surface area contributed by atoms with Gasteiger partial charge in [-0.15, -0.1) is 0 Å². The monoisotopic (exact) mass is 326 g/mol. The van der Waals surface area contributed by atoms with E-state index in [1.54, 1.807) is 0 Å². The smallest absolute Gasteiger partial charge is 0.227 e. The Morgan fingerprint density at radius 1 is 1.42 bits per heavy atom. The minimum absolute atomic E-state index is 0.0566. The normalized spacial score (nSPS) is 15.2. The molecule has 0 unspecified atom stereocenters. The molecule has 0 saturated carbocycles. The molecule has 1 aromatic carbocycles. The summed E-state index contributed by atoms with van der Waals surface area (Å²) < 4.78 is 5.27. The summed E-state index contributed by atoms with van der Waals surface area (Å²) in [6, 6.07) is 7.73. The highest BCUT2D eigenvalue weighted by molar-refractivity contribution is 5.90. The molecule has 0 spiro atoms. The van der Waals surface area contributed by atoms with Gasteiger partial charge in [-0.3, -0.25) is 4.79 Å². The molecule has 0 aliphatic carbocycles. The van der Waals surface area contributed by atoms with E-state index < -0.39 is 0 Å². The van der Waals surface area contributed by atoms with Crippen LogP contribution in [0.4, 0.5) is 5.69 Å². The summed E-state index contributed by atoms with van der Waals surface area (Å²) in [6.45, 7) is 3.89. The summed E-state index contributed by atoms with van der Waals surface area (Å²) in [4.78, 5) is 18.7. The second-order valence-electron chi connectivity index (χ2n) is 6.17. The zero-order chi connectivity index (χ0) is 16.9. The fraction of sp³-hybridized carbons (Fsp3) is 0.389.